The van der Waals surface area contributed by atoms with Crippen LogP contribution in [0.25, 0.3) is 0 Å². The lowest BCUT2D eigenvalue weighted by atomic mass is 9.79. The van der Waals surface area contributed by atoms with Crippen LogP contribution in [0, 0.1) is 0 Å². The van der Waals surface area contributed by atoms with Crippen LogP contribution in [0.1, 0.15) is 52.4 Å². The van der Waals surface area contributed by atoms with E-state index in [2.05, 4.69) is 42.7 Å². The molecule has 1 aromatic rings. The van der Waals surface area contributed by atoms with E-state index in [9.17, 15) is 0 Å². The lowest BCUT2D eigenvalue weighted by Crippen LogP contribution is -2.40. The number of hydrogen-bond acceptors (Lipinski definition) is 3. The zero-order valence-electron chi connectivity index (χ0n) is 12.7. The minimum Gasteiger partial charge on any atom is -0.489 e. The number of hydrogen-bond donors (Lipinski definition) is 2. The lowest BCUT2D eigenvalue weighted by molar-refractivity contribution is 0.244. The molecule has 0 bridgehead atoms. The van der Waals surface area contributed by atoms with E-state index in [1.54, 1.807) is 0 Å². The smallest absolute Gasteiger partial charge is 0.144 e. The van der Waals surface area contributed by atoms with Gasteiger partial charge < -0.3 is 15.4 Å². The predicted octanol–water partition coefficient (Wildman–Crippen LogP) is 4.40. The number of ether oxygens (including phenoxy) is 1. The van der Waals surface area contributed by atoms with Gasteiger partial charge in [-0.1, -0.05) is 25.3 Å². The van der Waals surface area contributed by atoms with Crippen molar-refractivity contribution in [3.8, 4) is 5.75 Å². The molecule has 3 rings (SSSR count). The summed E-state index contributed by atoms with van der Waals surface area (Å²) in [6.45, 7) is 5.18. The topological polar surface area (TPSA) is 33.3 Å². The SMILES string of the molecule is CC(C)Oc1cccc2c1NCCC1(CCCCC1)N2. The number of nitrogens with one attached hydrogen (secondary N) is 2. The minimum absolute atomic E-state index is 0.204. The molecular weight excluding hydrogens is 248 g/mol. The molecule has 1 fully saturated rings. The molecule has 3 nitrogen and oxygen atoms in total. The Kier molecular flexibility index (Phi) is 3.77. The average Bonchev–Trinajstić information content (AvgIpc) is 2.59. The zero-order chi connectivity index (χ0) is 14.0. The van der Waals surface area contributed by atoms with E-state index in [0.717, 1.165) is 18.0 Å². The van der Waals surface area contributed by atoms with E-state index >= 15 is 0 Å². The van der Waals surface area contributed by atoms with Gasteiger partial charge in [0.1, 0.15) is 11.4 Å². The fourth-order valence-electron chi connectivity index (χ4n) is 3.55. The molecule has 0 radical (unpaired) electrons. The molecule has 2 aliphatic rings. The van der Waals surface area contributed by atoms with E-state index in [-0.39, 0.29) is 6.10 Å². The van der Waals surface area contributed by atoms with Crippen molar-refractivity contribution in [1.82, 2.24) is 0 Å². The molecule has 3 heteroatoms. The maximum Gasteiger partial charge on any atom is 0.144 e. The van der Waals surface area contributed by atoms with E-state index in [0.29, 0.717) is 5.54 Å². The van der Waals surface area contributed by atoms with Crippen LogP contribution >= 0.6 is 0 Å². The van der Waals surface area contributed by atoms with E-state index in [4.69, 9.17) is 4.74 Å². The van der Waals surface area contributed by atoms with Gasteiger partial charge in [-0.3, -0.25) is 0 Å². The monoisotopic (exact) mass is 274 g/mol. The summed E-state index contributed by atoms with van der Waals surface area (Å²) in [5, 5.41) is 7.43. The highest BCUT2D eigenvalue weighted by Crippen LogP contribution is 2.42. The highest BCUT2D eigenvalue weighted by Gasteiger charge is 2.34. The molecule has 0 atom stereocenters. The fourth-order valence-corrected chi connectivity index (χ4v) is 3.55. The summed E-state index contributed by atoms with van der Waals surface area (Å²) in [5.74, 6) is 0.970. The molecule has 0 aromatic heterocycles. The Balaban J connectivity index is 1.89. The van der Waals surface area contributed by atoms with Crippen molar-refractivity contribution < 1.29 is 4.74 Å². The number of benzene rings is 1. The normalized spacial score (nSPS) is 20.8. The fraction of sp³-hybridized carbons (Fsp3) is 0.647. The van der Waals surface area contributed by atoms with Crippen molar-refractivity contribution in [2.45, 2.75) is 64.0 Å². The van der Waals surface area contributed by atoms with Crippen LogP contribution in [0.2, 0.25) is 0 Å². The highest BCUT2D eigenvalue weighted by molar-refractivity contribution is 5.77. The first-order valence-corrected chi connectivity index (χ1v) is 8.00. The average molecular weight is 274 g/mol. The van der Waals surface area contributed by atoms with Crippen molar-refractivity contribution >= 4 is 11.4 Å². The molecule has 110 valence electrons. The Morgan fingerprint density at radius 2 is 1.90 bits per heavy atom. The van der Waals surface area contributed by atoms with Gasteiger partial charge in [0.05, 0.1) is 11.8 Å². The van der Waals surface area contributed by atoms with Crippen LogP contribution < -0.4 is 15.4 Å². The molecule has 1 aliphatic carbocycles. The summed E-state index contributed by atoms with van der Waals surface area (Å²) in [4.78, 5) is 0. The van der Waals surface area contributed by atoms with Crippen LogP contribution in [0.4, 0.5) is 11.4 Å². The maximum atomic E-state index is 5.94. The van der Waals surface area contributed by atoms with Gasteiger partial charge in [-0.05, 0) is 45.2 Å². The van der Waals surface area contributed by atoms with Crippen LogP contribution in [-0.4, -0.2) is 18.2 Å². The Morgan fingerprint density at radius 3 is 2.65 bits per heavy atom. The van der Waals surface area contributed by atoms with Gasteiger partial charge in [-0.25, -0.2) is 0 Å². The van der Waals surface area contributed by atoms with E-state index in [1.807, 2.05) is 0 Å². The Labute approximate surface area is 122 Å². The third kappa shape index (κ3) is 2.72. The second-order valence-corrected chi connectivity index (χ2v) is 6.49. The number of rotatable bonds is 2. The second-order valence-electron chi connectivity index (χ2n) is 6.49. The third-order valence-corrected chi connectivity index (χ3v) is 4.50. The first-order chi connectivity index (χ1) is 9.69. The number of anilines is 2. The molecule has 0 amide bonds. The first kappa shape index (κ1) is 13.6. The molecule has 1 spiro atoms. The molecule has 1 saturated carbocycles. The van der Waals surface area contributed by atoms with Gasteiger partial charge >= 0.3 is 0 Å². The van der Waals surface area contributed by atoms with Gasteiger partial charge in [0.15, 0.2) is 0 Å². The van der Waals surface area contributed by atoms with Gasteiger partial charge in [0.25, 0.3) is 0 Å². The molecule has 0 unspecified atom stereocenters. The summed E-state index contributed by atoms with van der Waals surface area (Å²) in [6, 6.07) is 6.33. The number of fused-ring (bicyclic) bond motifs is 1. The lowest BCUT2D eigenvalue weighted by Gasteiger charge is -2.38. The van der Waals surface area contributed by atoms with Gasteiger partial charge in [-0.15, -0.1) is 0 Å². The summed E-state index contributed by atoms with van der Waals surface area (Å²) in [6.07, 6.45) is 8.08. The van der Waals surface area contributed by atoms with Crippen molar-refractivity contribution in [1.29, 1.82) is 0 Å². The van der Waals surface area contributed by atoms with Crippen LogP contribution in [-0.2, 0) is 0 Å². The minimum atomic E-state index is 0.204. The Hall–Kier alpha value is -1.38. The Morgan fingerprint density at radius 1 is 1.10 bits per heavy atom. The summed E-state index contributed by atoms with van der Waals surface area (Å²) in [5.41, 5.74) is 2.65. The zero-order valence-corrected chi connectivity index (χ0v) is 12.7. The third-order valence-electron chi connectivity index (χ3n) is 4.50. The van der Waals surface area contributed by atoms with Crippen molar-refractivity contribution in [2.75, 3.05) is 17.2 Å². The molecule has 1 heterocycles. The molecule has 1 aliphatic heterocycles. The summed E-state index contributed by atoms with van der Waals surface area (Å²) in [7, 11) is 0. The molecule has 2 N–H and O–H groups in total. The Bertz CT molecular complexity index is 464. The van der Waals surface area contributed by atoms with Crippen LogP contribution in [0.15, 0.2) is 18.2 Å². The summed E-state index contributed by atoms with van der Waals surface area (Å²) < 4.78 is 5.94. The highest BCUT2D eigenvalue weighted by atomic mass is 16.5. The van der Waals surface area contributed by atoms with Gasteiger partial charge in [0.2, 0.25) is 0 Å². The van der Waals surface area contributed by atoms with Crippen molar-refractivity contribution in [3.63, 3.8) is 0 Å². The number of para-hydroxylation sites is 1. The van der Waals surface area contributed by atoms with Crippen molar-refractivity contribution in [3.05, 3.63) is 18.2 Å². The molecule has 1 aromatic carbocycles. The predicted molar refractivity (Wildman–Crippen MR) is 84.8 cm³/mol. The van der Waals surface area contributed by atoms with Crippen LogP contribution in [0.5, 0.6) is 5.75 Å². The van der Waals surface area contributed by atoms with E-state index in [1.165, 1.54) is 44.2 Å². The standard InChI is InChI=1S/C17H26N2O/c1-13(2)20-15-8-6-7-14-16(15)18-12-11-17(19-14)9-4-3-5-10-17/h6-8,13,18-19H,3-5,9-12H2,1-2H3. The second kappa shape index (κ2) is 5.55. The molecular formula is C17H26N2O. The van der Waals surface area contributed by atoms with Gasteiger partial charge in [0, 0.05) is 12.1 Å². The molecule has 0 saturated heterocycles. The maximum absolute atomic E-state index is 5.94. The molecule has 20 heavy (non-hydrogen) atoms. The van der Waals surface area contributed by atoms with Crippen molar-refractivity contribution in [2.24, 2.45) is 0 Å². The first-order valence-electron chi connectivity index (χ1n) is 8.00. The van der Waals surface area contributed by atoms with E-state index < -0.39 is 0 Å². The summed E-state index contributed by atoms with van der Waals surface area (Å²) >= 11 is 0. The largest absolute Gasteiger partial charge is 0.489 e. The quantitative estimate of drug-likeness (QED) is 0.838. The van der Waals surface area contributed by atoms with Crippen LogP contribution in [0.3, 0.4) is 0 Å². The van der Waals surface area contributed by atoms with Gasteiger partial charge in [-0.2, -0.15) is 0 Å².